The predicted octanol–water partition coefficient (Wildman–Crippen LogP) is 4.74. The van der Waals surface area contributed by atoms with Crippen molar-refractivity contribution in [2.24, 2.45) is 0 Å². The van der Waals surface area contributed by atoms with Gasteiger partial charge < -0.3 is 4.90 Å². The van der Waals surface area contributed by atoms with Gasteiger partial charge in [-0.1, -0.05) is 29.3 Å². The fourth-order valence-electron chi connectivity index (χ4n) is 2.86. The molecule has 2 amide bonds. The van der Waals surface area contributed by atoms with Crippen molar-refractivity contribution in [3.05, 3.63) is 46.0 Å². The number of hydrogen-bond donors (Lipinski definition) is 1. The highest BCUT2D eigenvalue weighted by atomic mass is 35.5. The SMILES string of the molecule is Cc1nsc(NC(=O)N2CCC(=Cc3ccc(Cl)cc3F)CC2C)n1. The van der Waals surface area contributed by atoms with Crippen molar-refractivity contribution in [2.75, 3.05) is 11.9 Å². The zero-order valence-corrected chi connectivity index (χ0v) is 15.5. The molecule has 3 rings (SSSR count). The third-order valence-corrected chi connectivity index (χ3v) is 5.04. The maximum atomic E-state index is 13.9. The zero-order valence-electron chi connectivity index (χ0n) is 13.9. The van der Waals surface area contributed by atoms with E-state index in [9.17, 15) is 9.18 Å². The molecule has 5 nitrogen and oxygen atoms in total. The van der Waals surface area contributed by atoms with Crippen LogP contribution >= 0.6 is 23.1 Å². The Balaban J connectivity index is 1.65. The Labute approximate surface area is 154 Å². The molecule has 1 atom stereocenters. The number of rotatable bonds is 2. The number of aromatic nitrogens is 2. The summed E-state index contributed by atoms with van der Waals surface area (Å²) in [4.78, 5) is 18.3. The van der Waals surface area contributed by atoms with Gasteiger partial charge in [-0.2, -0.15) is 4.37 Å². The minimum Gasteiger partial charge on any atom is -0.321 e. The summed E-state index contributed by atoms with van der Waals surface area (Å²) in [5, 5.41) is 3.66. The normalized spacial score (nSPS) is 19.3. The van der Waals surface area contributed by atoms with Crippen molar-refractivity contribution in [2.45, 2.75) is 32.7 Å². The molecule has 1 saturated heterocycles. The Morgan fingerprint density at radius 3 is 2.96 bits per heavy atom. The first-order chi connectivity index (χ1) is 11.9. The molecule has 0 aliphatic carbocycles. The maximum Gasteiger partial charge on any atom is 0.323 e. The second-order valence-electron chi connectivity index (χ2n) is 6.04. The highest BCUT2D eigenvalue weighted by Crippen LogP contribution is 2.26. The number of nitrogens with zero attached hydrogens (tertiary/aromatic N) is 3. The van der Waals surface area contributed by atoms with Gasteiger partial charge in [0.15, 0.2) is 0 Å². The van der Waals surface area contributed by atoms with Gasteiger partial charge in [0.2, 0.25) is 5.13 Å². The number of carbonyl (C=O) groups excluding carboxylic acids is 1. The molecule has 0 spiro atoms. The van der Waals surface area contributed by atoms with Gasteiger partial charge in [-0.3, -0.25) is 5.32 Å². The minimum absolute atomic E-state index is 0.0179. The van der Waals surface area contributed by atoms with E-state index in [1.54, 1.807) is 24.0 Å². The molecule has 1 aliphatic heterocycles. The highest BCUT2D eigenvalue weighted by Gasteiger charge is 2.26. The number of hydrogen-bond acceptors (Lipinski definition) is 4. The van der Waals surface area contributed by atoms with Gasteiger partial charge in [-0.05, 0) is 38.8 Å². The first-order valence-electron chi connectivity index (χ1n) is 7.95. The standard InChI is InChI=1S/C17H18ClFN4OS/c1-10-7-12(8-13-3-4-14(18)9-15(13)19)5-6-23(10)17(24)21-16-20-11(2)22-25-16/h3-4,8-10H,5-7H2,1-2H3,(H,20,21,22,24). The third kappa shape index (κ3) is 4.35. The van der Waals surface area contributed by atoms with Gasteiger partial charge in [0.25, 0.3) is 0 Å². The molecule has 0 saturated carbocycles. The van der Waals surface area contributed by atoms with Crippen LogP contribution in [0.4, 0.5) is 14.3 Å². The summed E-state index contributed by atoms with van der Waals surface area (Å²) in [5.41, 5.74) is 1.64. The first-order valence-corrected chi connectivity index (χ1v) is 9.10. The van der Waals surface area contributed by atoms with Gasteiger partial charge in [-0.15, -0.1) is 0 Å². The summed E-state index contributed by atoms with van der Waals surface area (Å²) in [7, 11) is 0. The number of piperidine rings is 1. The monoisotopic (exact) mass is 380 g/mol. The number of anilines is 1. The number of halogens is 2. The van der Waals surface area contributed by atoms with E-state index >= 15 is 0 Å². The van der Waals surface area contributed by atoms with Crippen LogP contribution in [-0.2, 0) is 0 Å². The van der Waals surface area contributed by atoms with Crippen molar-refractivity contribution >= 4 is 40.4 Å². The molecule has 1 aromatic carbocycles. The zero-order chi connectivity index (χ0) is 18.0. The Morgan fingerprint density at radius 2 is 2.32 bits per heavy atom. The van der Waals surface area contributed by atoms with Gasteiger partial charge in [-0.25, -0.2) is 14.2 Å². The Hall–Kier alpha value is -1.99. The topological polar surface area (TPSA) is 58.1 Å². The van der Waals surface area contributed by atoms with Crippen LogP contribution in [0.3, 0.4) is 0 Å². The molecule has 1 aromatic heterocycles. The minimum atomic E-state index is -0.334. The third-order valence-electron chi connectivity index (χ3n) is 4.09. The summed E-state index contributed by atoms with van der Waals surface area (Å²) in [6.07, 6.45) is 3.26. The molecule has 1 N–H and O–H groups in total. The van der Waals surface area contributed by atoms with Crippen LogP contribution in [0.5, 0.6) is 0 Å². The van der Waals surface area contributed by atoms with E-state index in [1.807, 2.05) is 13.0 Å². The van der Waals surface area contributed by atoms with Crippen LogP contribution in [0.1, 0.15) is 31.2 Å². The van der Waals surface area contributed by atoms with Crippen LogP contribution in [0.2, 0.25) is 5.02 Å². The fourth-order valence-corrected chi connectivity index (χ4v) is 3.58. The molecule has 1 aliphatic rings. The van der Waals surface area contributed by atoms with Crippen LogP contribution in [0, 0.1) is 12.7 Å². The average Bonchev–Trinajstić information content (AvgIpc) is 2.95. The Bertz CT molecular complexity index is 823. The lowest BCUT2D eigenvalue weighted by molar-refractivity contribution is 0.184. The molecule has 1 unspecified atom stereocenters. The van der Waals surface area contributed by atoms with E-state index in [0.29, 0.717) is 40.9 Å². The largest absolute Gasteiger partial charge is 0.323 e. The summed E-state index contributed by atoms with van der Waals surface area (Å²) < 4.78 is 18.0. The Kier molecular flexibility index (Phi) is 5.34. The summed E-state index contributed by atoms with van der Waals surface area (Å²) in [6, 6.07) is 4.49. The van der Waals surface area contributed by atoms with E-state index in [0.717, 1.165) is 17.1 Å². The van der Waals surface area contributed by atoms with Crippen LogP contribution in [0.15, 0.2) is 23.8 Å². The lowest BCUT2D eigenvalue weighted by atomic mass is 9.96. The lowest BCUT2D eigenvalue weighted by Gasteiger charge is -2.34. The lowest BCUT2D eigenvalue weighted by Crippen LogP contribution is -2.45. The smallest absolute Gasteiger partial charge is 0.321 e. The van der Waals surface area contributed by atoms with Crippen molar-refractivity contribution < 1.29 is 9.18 Å². The van der Waals surface area contributed by atoms with Crippen molar-refractivity contribution in [1.29, 1.82) is 0 Å². The highest BCUT2D eigenvalue weighted by molar-refractivity contribution is 7.09. The molecule has 2 aromatic rings. The average molecular weight is 381 g/mol. The number of nitrogens with one attached hydrogen (secondary N) is 1. The number of likely N-dealkylation sites (tertiary alicyclic amines) is 1. The molecule has 8 heteroatoms. The molecule has 25 heavy (non-hydrogen) atoms. The quantitative estimate of drug-likeness (QED) is 0.818. The van der Waals surface area contributed by atoms with E-state index < -0.39 is 0 Å². The number of aryl methyl sites for hydroxylation is 1. The Morgan fingerprint density at radius 1 is 1.52 bits per heavy atom. The summed E-state index contributed by atoms with van der Waals surface area (Å²) in [5.74, 6) is 0.307. The number of carbonyl (C=O) groups is 1. The predicted molar refractivity (Wildman–Crippen MR) is 98.5 cm³/mol. The molecule has 132 valence electrons. The molecule has 2 heterocycles. The first kappa shape index (κ1) is 17.8. The van der Waals surface area contributed by atoms with Gasteiger partial charge in [0.1, 0.15) is 11.6 Å². The number of amides is 2. The van der Waals surface area contributed by atoms with E-state index in [4.69, 9.17) is 11.6 Å². The molecular formula is C17H18ClFN4OS. The van der Waals surface area contributed by atoms with Crippen molar-refractivity contribution in [1.82, 2.24) is 14.3 Å². The summed E-state index contributed by atoms with van der Waals surface area (Å²) in [6.45, 7) is 4.34. The van der Waals surface area contributed by atoms with Crippen LogP contribution in [-0.4, -0.2) is 32.9 Å². The van der Waals surface area contributed by atoms with Crippen molar-refractivity contribution in [3.63, 3.8) is 0 Å². The van der Waals surface area contributed by atoms with Crippen LogP contribution < -0.4 is 5.32 Å². The molecule has 0 radical (unpaired) electrons. The second kappa shape index (κ2) is 7.49. The van der Waals surface area contributed by atoms with E-state index in [-0.39, 0.29) is 17.9 Å². The van der Waals surface area contributed by atoms with Crippen LogP contribution in [0.25, 0.3) is 6.08 Å². The number of urea groups is 1. The summed E-state index contributed by atoms with van der Waals surface area (Å²) >= 11 is 6.95. The second-order valence-corrected chi connectivity index (χ2v) is 7.23. The van der Waals surface area contributed by atoms with Gasteiger partial charge >= 0.3 is 6.03 Å². The van der Waals surface area contributed by atoms with Crippen molar-refractivity contribution in [3.8, 4) is 0 Å². The molecule has 0 bridgehead atoms. The number of benzene rings is 1. The maximum absolute atomic E-state index is 13.9. The van der Waals surface area contributed by atoms with Gasteiger partial charge in [0, 0.05) is 34.7 Å². The fraction of sp³-hybridized carbons (Fsp3) is 0.353. The molecule has 1 fully saturated rings. The molecular weight excluding hydrogens is 363 g/mol. The van der Waals surface area contributed by atoms with E-state index in [2.05, 4.69) is 14.7 Å². The van der Waals surface area contributed by atoms with E-state index in [1.165, 1.54) is 6.07 Å². The van der Waals surface area contributed by atoms with Gasteiger partial charge in [0.05, 0.1) is 0 Å².